The van der Waals surface area contributed by atoms with Gasteiger partial charge in [0.2, 0.25) is 0 Å². The van der Waals surface area contributed by atoms with Crippen molar-refractivity contribution >= 4 is 0 Å². The molecule has 0 saturated carbocycles. The molecule has 1 aromatic heterocycles. The predicted molar refractivity (Wildman–Crippen MR) is 63.7 cm³/mol. The van der Waals surface area contributed by atoms with Gasteiger partial charge in [0, 0.05) is 6.54 Å². The summed E-state index contributed by atoms with van der Waals surface area (Å²) in [5, 5.41) is 16.7. The number of rotatable bonds is 1. The molecule has 1 aromatic carbocycles. The second-order valence-corrected chi connectivity index (χ2v) is 4.12. The first-order valence-electron chi connectivity index (χ1n) is 5.65. The first-order chi connectivity index (χ1) is 8.38. The highest BCUT2D eigenvalue weighted by Gasteiger charge is 2.15. The van der Waals surface area contributed by atoms with Gasteiger partial charge in [0.15, 0.2) is 0 Å². The van der Waals surface area contributed by atoms with E-state index in [1.807, 2.05) is 29.1 Å². The fourth-order valence-corrected chi connectivity index (χ4v) is 2.16. The summed E-state index contributed by atoms with van der Waals surface area (Å²) in [6, 6.07) is 9.68. The predicted octanol–water partition coefficient (Wildman–Crippen LogP) is 1.39. The standard InChI is InChI=1S/C13H12N4/c14-7-10-2-1-3-12(6-10)17-13-9-15-5-4-11(13)8-16-17/h1-3,6,8,15H,4-5,9H2. The van der Waals surface area contributed by atoms with E-state index >= 15 is 0 Å². The van der Waals surface area contributed by atoms with Gasteiger partial charge in [-0.3, -0.25) is 0 Å². The first kappa shape index (κ1) is 10.1. The van der Waals surface area contributed by atoms with Crippen LogP contribution < -0.4 is 5.32 Å². The lowest BCUT2D eigenvalue weighted by atomic mass is 10.1. The van der Waals surface area contributed by atoms with E-state index < -0.39 is 0 Å². The molecular formula is C13H12N4. The SMILES string of the molecule is N#Cc1cccc(-n2ncc3c2CNCC3)c1. The lowest BCUT2D eigenvalue weighted by molar-refractivity contribution is 0.614. The van der Waals surface area contributed by atoms with E-state index in [0.29, 0.717) is 5.56 Å². The van der Waals surface area contributed by atoms with Crippen LogP contribution in [0.15, 0.2) is 30.5 Å². The summed E-state index contributed by atoms with van der Waals surface area (Å²) in [6.07, 6.45) is 2.95. The van der Waals surface area contributed by atoms with E-state index in [0.717, 1.165) is 25.2 Å². The topological polar surface area (TPSA) is 53.6 Å². The number of nitrogens with one attached hydrogen (secondary N) is 1. The van der Waals surface area contributed by atoms with Crippen LogP contribution in [0.2, 0.25) is 0 Å². The van der Waals surface area contributed by atoms with Crippen molar-refractivity contribution in [1.82, 2.24) is 15.1 Å². The van der Waals surface area contributed by atoms with Crippen LogP contribution in [-0.2, 0) is 13.0 Å². The second-order valence-electron chi connectivity index (χ2n) is 4.12. The van der Waals surface area contributed by atoms with Crippen LogP contribution >= 0.6 is 0 Å². The Labute approximate surface area is 99.5 Å². The zero-order valence-electron chi connectivity index (χ0n) is 9.35. The molecule has 0 aliphatic carbocycles. The van der Waals surface area contributed by atoms with E-state index in [-0.39, 0.29) is 0 Å². The Hall–Kier alpha value is -2.12. The summed E-state index contributed by atoms with van der Waals surface area (Å²) < 4.78 is 1.92. The van der Waals surface area contributed by atoms with Crippen molar-refractivity contribution in [1.29, 1.82) is 5.26 Å². The van der Waals surface area contributed by atoms with Crippen molar-refractivity contribution in [2.45, 2.75) is 13.0 Å². The van der Waals surface area contributed by atoms with Crippen LogP contribution in [0.3, 0.4) is 0 Å². The Morgan fingerprint density at radius 3 is 3.24 bits per heavy atom. The molecule has 2 aromatic rings. The van der Waals surface area contributed by atoms with Crippen molar-refractivity contribution in [3.05, 3.63) is 47.3 Å². The highest BCUT2D eigenvalue weighted by atomic mass is 15.3. The lowest BCUT2D eigenvalue weighted by Crippen LogP contribution is -2.24. The third-order valence-electron chi connectivity index (χ3n) is 3.04. The largest absolute Gasteiger partial charge is 0.311 e. The zero-order chi connectivity index (χ0) is 11.7. The minimum absolute atomic E-state index is 0.663. The number of aromatic nitrogens is 2. The third-order valence-corrected chi connectivity index (χ3v) is 3.04. The summed E-state index contributed by atoms with van der Waals surface area (Å²) in [5.41, 5.74) is 4.11. The van der Waals surface area contributed by atoms with Crippen molar-refractivity contribution < 1.29 is 0 Å². The molecule has 0 amide bonds. The highest BCUT2D eigenvalue weighted by molar-refractivity contribution is 5.42. The molecule has 3 rings (SSSR count). The van der Waals surface area contributed by atoms with Crippen LogP contribution in [0.4, 0.5) is 0 Å². The molecule has 1 aliphatic rings. The molecule has 0 unspecified atom stereocenters. The fraction of sp³-hybridized carbons (Fsp3) is 0.231. The molecule has 17 heavy (non-hydrogen) atoms. The molecule has 84 valence electrons. The highest BCUT2D eigenvalue weighted by Crippen LogP contribution is 2.18. The molecule has 0 fully saturated rings. The number of nitrogens with zero attached hydrogens (tertiary/aromatic N) is 3. The molecule has 0 spiro atoms. The maximum Gasteiger partial charge on any atom is 0.0992 e. The van der Waals surface area contributed by atoms with Crippen molar-refractivity contribution in [2.75, 3.05) is 6.54 Å². The minimum atomic E-state index is 0.663. The number of hydrogen-bond acceptors (Lipinski definition) is 3. The van der Waals surface area contributed by atoms with Crippen LogP contribution in [0, 0.1) is 11.3 Å². The van der Waals surface area contributed by atoms with Gasteiger partial charge in [0.1, 0.15) is 0 Å². The normalized spacial score (nSPS) is 14.1. The summed E-state index contributed by atoms with van der Waals surface area (Å²) in [5.74, 6) is 0. The maximum absolute atomic E-state index is 8.91. The van der Waals surface area contributed by atoms with E-state index in [4.69, 9.17) is 5.26 Å². The fourth-order valence-electron chi connectivity index (χ4n) is 2.16. The van der Waals surface area contributed by atoms with Gasteiger partial charge < -0.3 is 5.32 Å². The smallest absolute Gasteiger partial charge is 0.0992 e. The molecule has 4 heteroatoms. The Bertz CT molecular complexity index is 592. The van der Waals surface area contributed by atoms with Gasteiger partial charge in [-0.1, -0.05) is 6.07 Å². The average Bonchev–Trinajstić information content (AvgIpc) is 2.82. The van der Waals surface area contributed by atoms with Crippen LogP contribution in [-0.4, -0.2) is 16.3 Å². The lowest BCUT2D eigenvalue weighted by Gasteiger charge is -2.15. The van der Waals surface area contributed by atoms with E-state index in [9.17, 15) is 0 Å². The molecule has 4 nitrogen and oxygen atoms in total. The minimum Gasteiger partial charge on any atom is -0.311 e. The van der Waals surface area contributed by atoms with Crippen LogP contribution in [0.1, 0.15) is 16.8 Å². The second kappa shape index (κ2) is 4.04. The Morgan fingerprint density at radius 1 is 1.41 bits per heavy atom. The monoisotopic (exact) mass is 224 g/mol. The number of fused-ring (bicyclic) bond motifs is 1. The molecule has 1 N–H and O–H groups in total. The Balaban J connectivity index is 2.09. The van der Waals surface area contributed by atoms with Gasteiger partial charge in [-0.25, -0.2) is 4.68 Å². The third kappa shape index (κ3) is 1.71. The van der Waals surface area contributed by atoms with E-state index in [1.54, 1.807) is 6.07 Å². The van der Waals surface area contributed by atoms with E-state index in [1.165, 1.54) is 11.3 Å². The Morgan fingerprint density at radius 2 is 2.35 bits per heavy atom. The van der Waals surface area contributed by atoms with Gasteiger partial charge in [0.25, 0.3) is 0 Å². The molecule has 0 bridgehead atoms. The number of benzene rings is 1. The molecule has 0 radical (unpaired) electrons. The van der Waals surface area contributed by atoms with Crippen LogP contribution in [0.5, 0.6) is 0 Å². The van der Waals surface area contributed by atoms with Crippen molar-refractivity contribution in [2.24, 2.45) is 0 Å². The molecule has 2 heterocycles. The first-order valence-corrected chi connectivity index (χ1v) is 5.65. The van der Waals surface area contributed by atoms with Gasteiger partial charge in [-0.15, -0.1) is 0 Å². The molecule has 0 atom stereocenters. The van der Waals surface area contributed by atoms with Gasteiger partial charge in [0.05, 0.1) is 29.2 Å². The average molecular weight is 224 g/mol. The quantitative estimate of drug-likeness (QED) is 0.796. The summed E-state index contributed by atoms with van der Waals surface area (Å²) in [4.78, 5) is 0. The Kier molecular flexibility index (Phi) is 2.39. The van der Waals surface area contributed by atoms with Gasteiger partial charge in [-0.05, 0) is 36.7 Å². The van der Waals surface area contributed by atoms with Gasteiger partial charge in [-0.2, -0.15) is 10.4 Å². The number of hydrogen-bond donors (Lipinski definition) is 1. The van der Waals surface area contributed by atoms with Crippen molar-refractivity contribution in [3.63, 3.8) is 0 Å². The van der Waals surface area contributed by atoms with Crippen molar-refractivity contribution in [3.8, 4) is 11.8 Å². The van der Waals surface area contributed by atoms with Gasteiger partial charge >= 0.3 is 0 Å². The summed E-state index contributed by atoms with van der Waals surface area (Å²) >= 11 is 0. The van der Waals surface area contributed by atoms with Crippen LogP contribution in [0.25, 0.3) is 5.69 Å². The van der Waals surface area contributed by atoms with E-state index in [2.05, 4.69) is 16.5 Å². The summed E-state index contributed by atoms with van der Waals surface area (Å²) in [6.45, 7) is 1.85. The molecule has 0 saturated heterocycles. The summed E-state index contributed by atoms with van der Waals surface area (Å²) in [7, 11) is 0. The maximum atomic E-state index is 8.91. The molecule has 1 aliphatic heterocycles. The zero-order valence-corrected chi connectivity index (χ0v) is 9.35. The number of nitriles is 1. The molecular weight excluding hydrogens is 212 g/mol.